The third-order valence-corrected chi connectivity index (χ3v) is 4.66. The van der Waals surface area contributed by atoms with E-state index in [0.717, 1.165) is 22.6 Å². The highest BCUT2D eigenvalue weighted by Crippen LogP contribution is 2.24. The van der Waals surface area contributed by atoms with Gasteiger partial charge in [0.25, 0.3) is 0 Å². The van der Waals surface area contributed by atoms with Crippen molar-refractivity contribution in [2.75, 3.05) is 23.3 Å². The Kier molecular flexibility index (Phi) is 4.68. The molecular formula is C20H23N7O. The van der Waals surface area contributed by atoms with Gasteiger partial charge in [0.05, 0.1) is 11.4 Å². The molecule has 1 saturated heterocycles. The molecule has 0 bridgehead atoms. The predicted octanol–water partition coefficient (Wildman–Crippen LogP) is 3.50. The van der Waals surface area contributed by atoms with Crippen molar-refractivity contribution < 1.29 is 4.79 Å². The summed E-state index contributed by atoms with van der Waals surface area (Å²) in [4.78, 5) is 22.5. The highest BCUT2D eigenvalue weighted by atomic mass is 16.2. The zero-order valence-corrected chi connectivity index (χ0v) is 16.2. The Morgan fingerprint density at radius 1 is 1.18 bits per heavy atom. The van der Waals surface area contributed by atoms with E-state index in [1.54, 1.807) is 11.1 Å². The molecule has 28 heavy (non-hydrogen) atoms. The molecule has 0 atom stereocenters. The van der Waals surface area contributed by atoms with E-state index in [4.69, 9.17) is 0 Å². The topological polar surface area (TPSA) is 88.0 Å². The quantitative estimate of drug-likeness (QED) is 0.710. The Bertz CT molecular complexity index is 994. The maximum atomic E-state index is 11.8. The second-order valence-corrected chi connectivity index (χ2v) is 7.02. The zero-order valence-electron chi connectivity index (χ0n) is 16.2. The fourth-order valence-electron chi connectivity index (χ4n) is 3.08. The molecule has 1 aromatic carbocycles. The lowest BCUT2D eigenvalue weighted by atomic mass is 10.2. The molecule has 0 saturated carbocycles. The van der Waals surface area contributed by atoms with Gasteiger partial charge in [-0.05, 0) is 51.1 Å². The average Bonchev–Trinajstić information content (AvgIpc) is 3.28. The van der Waals surface area contributed by atoms with Crippen molar-refractivity contribution in [3.8, 4) is 11.4 Å². The number of nitrogens with zero attached hydrogens (tertiary/aromatic N) is 5. The lowest BCUT2D eigenvalue weighted by Crippen LogP contribution is -2.27. The SMILES string of the molecule is Cc1nn(C(C)C)cc1Nc1ccnc(-c2ccc(N3CCNC3=O)cc2)n1. The maximum absolute atomic E-state index is 11.8. The number of urea groups is 1. The highest BCUT2D eigenvalue weighted by molar-refractivity contribution is 5.94. The molecule has 0 radical (unpaired) electrons. The van der Waals surface area contributed by atoms with Crippen molar-refractivity contribution in [2.24, 2.45) is 0 Å². The Balaban J connectivity index is 1.54. The molecule has 1 aliphatic rings. The van der Waals surface area contributed by atoms with Crippen molar-refractivity contribution in [1.29, 1.82) is 0 Å². The summed E-state index contributed by atoms with van der Waals surface area (Å²) in [6, 6.07) is 9.77. The molecule has 1 aliphatic heterocycles. The third kappa shape index (κ3) is 3.53. The molecule has 144 valence electrons. The molecule has 8 nitrogen and oxygen atoms in total. The molecule has 2 aromatic heterocycles. The van der Waals surface area contributed by atoms with Crippen LogP contribution >= 0.6 is 0 Å². The Morgan fingerprint density at radius 2 is 1.96 bits per heavy atom. The summed E-state index contributed by atoms with van der Waals surface area (Å²) in [6.07, 6.45) is 3.71. The van der Waals surface area contributed by atoms with Crippen LogP contribution in [-0.4, -0.2) is 38.9 Å². The molecule has 4 rings (SSSR count). The molecular weight excluding hydrogens is 354 g/mol. The molecule has 1 fully saturated rings. The van der Waals surface area contributed by atoms with Gasteiger partial charge in [-0.15, -0.1) is 0 Å². The van der Waals surface area contributed by atoms with Gasteiger partial charge in [-0.3, -0.25) is 9.58 Å². The van der Waals surface area contributed by atoms with E-state index in [9.17, 15) is 4.79 Å². The minimum absolute atomic E-state index is 0.0625. The van der Waals surface area contributed by atoms with Gasteiger partial charge in [0, 0.05) is 42.8 Å². The third-order valence-electron chi connectivity index (χ3n) is 4.66. The standard InChI is InChI=1S/C20H23N7O/c1-13(2)27-12-17(14(3)25-27)23-18-8-9-21-19(24-18)15-4-6-16(7-5-15)26-11-10-22-20(26)28/h4-9,12-13H,10-11H2,1-3H3,(H,22,28)(H,21,23,24). The first kappa shape index (κ1) is 18.0. The van der Waals surface area contributed by atoms with Gasteiger partial charge in [0.15, 0.2) is 5.82 Å². The summed E-state index contributed by atoms with van der Waals surface area (Å²) in [7, 11) is 0. The van der Waals surface area contributed by atoms with Crippen molar-refractivity contribution >= 4 is 23.2 Å². The van der Waals surface area contributed by atoms with Gasteiger partial charge < -0.3 is 10.6 Å². The monoisotopic (exact) mass is 377 g/mol. The Hall–Kier alpha value is -3.42. The van der Waals surface area contributed by atoms with Crippen molar-refractivity contribution in [2.45, 2.75) is 26.8 Å². The van der Waals surface area contributed by atoms with E-state index in [1.807, 2.05) is 48.1 Å². The van der Waals surface area contributed by atoms with Crippen LogP contribution in [0.5, 0.6) is 0 Å². The summed E-state index contributed by atoms with van der Waals surface area (Å²) >= 11 is 0. The van der Waals surface area contributed by atoms with Crippen molar-refractivity contribution in [3.05, 3.63) is 48.4 Å². The van der Waals surface area contributed by atoms with Crippen LogP contribution in [0.4, 0.5) is 22.0 Å². The van der Waals surface area contributed by atoms with E-state index in [0.29, 0.717) is 30.8 Å². The minimum Gasteiger partial charge on any atom is -0.337 e. The number of aryl methyl sites for hydroxylation is 1. The summed E-state index contributed by atoms with van der Waals surface area (Å²) in [5, 5.41) is 10.6. The fourth-order valence-corrected chi connectivity index (χ4v) is 3.08. The summed E-state index contributed by atoms with van der Waals surface area (Å²) in [5.74, 6) is 1.33. The van der Waals surface area contributed by atoms with Gasteiger partial charge >= 0.3 is 6.03 Å². The van der Waals surface area contributed by atoms with Crippen LogP contribution in [0, 0.1) is 6.92 Å². The van der Waals surface area contributed by atoms with Crippen LogP contribution in [-0.2, 0) is 0 Å². The van der Waals surface area contributed by atoms with Crippen molar-refractivity contribution in [1.82, 2.24) is 25.1 Å². The molecule has 3 heterocycles. The number of carbonyl (C=O) groups is 1. The second-order valence-electron chi connectivity index (χ2n) is 7.02. The van der Waals surface area contributed by atoms with E-state index in [-0.39, 0.29) is 6.03 Å². The normalized spacial score (nSPS) is 13.9. The molecule has 3 aromatic rings. The molecule has 0 unspecified atom stereocenters. The van der Waals surface area contributed by atoms with Crippen LogP contribution in [0.2, 0.25) is 0 Å². The number of aromatic nitrogens is 4. The number of amides is 2. The van der Waals surface area contributed by atoms with Crippen LogP contribution in [0.25, 0.3) is 11.4 Å². The average molecular weight is 377 g/mol. The van der Waals surface area contributed by atoms with E-state index in [2.05, 4.69) is 39.5 Å². The number of nitrogens with one attached hydrogen (secondary N) is 2. The first-order chi connectivity index (χ1) is 13.5. The lowest BCUT2D eigenvalue weighted by molar-refractivity contribution is 0.252. The van der Waals surface area contributed by atoms with Crippen LogP contribution < -0.4 is 15.5 Å². The van der Waals surface area contributed by atoms with E-state index in [1.165, 1.54) is 0 Å². The molecule has 8 heteroatoms. The molecule has 2 amide bonds. The number of benzene rings is 1. The molecule has 0 spiro atoms. The Morgan fingerprint density at radius 3 is 2.61 bits per heavy atom. The summed E-state index contributed by atoms with van der Waals surface area (Å²) in [5.41, 5.74) is 3.60. The van der Waals surface area contributed by atoms with E-state index < -0.39 is 0 Å². The van der Waals surface area contributed by atoms with Gasteiger partial charge in [0.1, 0.15) is 5.82 Å². The van der Waals surface area contributed by atoms with Crippen LogP contribution in [0.3, 0.4) is 0 Å². The zero-order chi connectivity index (χ0) is 19.7. The smallest absolute Gasteiger partial charge is 0.321 e. The van der Waals surface area contributed by atoms with Crippen LogP contribution in [0.15, 0.2) is 42.7 Å². The number of rotatable bonds is 5. The number of carbonyl (C=O) groups excluding carboxylic acids is 1. The summed E-state index contributed by atoms with van der Waals surface area (Å²) < 4.78 is 1.92. The first-order valence-electron chi connectivity index (χ1n) is 9.33. The number of hydrogen-bond donors (Lipinski definition) is 2. The highest BCUT2D eigenvalue weighted by Gasteiger charge is 2.21. The minimum atomic E-state index is -0.0625. The summed E-state index contributed by atoms with van der Waals surface area (Å²) in [6.45, 7) is 7.50. The number of anilines is 3. The second kappa shape index (κ2) is 7.30. The van der Waals surface area contributed by atoms with Gasteiger partial charge in [0.2, 0.25) is 0 Å². The maximum Gasteiger partial charge on any atom is 0.321 e. The molecule has 2 N–H and O–H groups in total. The van der Waals surface area contributed by atoms with Crippen LogP contribution in [0.1, 0.15) is 25.6 Å². The number of hydrogen-bond acceptors (Lipinski definition) is 5. The van der Waals surface area contributed by atoms with Gasteiger partial charge in [-0.25, -0.2) is 14.8 Å². The lowest BCUT2D eigenvalue weighted by Gasteiger charge is -2.14. The van der Waals surface area contributed by atoms with Gasteiger partial charge in [-0.1, -0.05) is 0 Å². The fraction of sp³-hybridized carbons (Fsp3) is 0.300. The van der Waals surface area contributed by atoms with Gasteiger partial charge in [-0.2, -0.15) is 5.10 Å². The Labute approximate surface area is 163 Å². The predicted molar refractivity (Wildman–Crippen MR) is 109 cm³/mol. The van der Waals surface area contributed by atoms with E-state index >= 15 is 0 Å². The molecule has 0 aliphatic carbocycles. The van der Waals surface area contributed by atoms with Crippen molar-refractivity contribution in [3.63, 3.8) is 0 Å². The largest absolute Gasteiger partial charge is 0.337 e. The first-order valence-corrected chi connectivity index (χ1v) is 9.33.